The molecule has 2 aliphatic carbocycles. The second-order valence-corrected chi connectivity index (χ2v) is 9.16. The highest BCUT2D eigenvalue weighted by Gasteiger charge is 2.26. The van der Waals surface area contributed by atoms with Gasteiger partial charge in [-0.3, -0.25) is 0 Å². The van der Waals surface area contributed by atoms with Gasteiger partial charge in [0.25, 0.3) is 0 Å². The molecule has 1 aromatic rings. The highest BCUT2D eigenvalue weighted by Crippen LogP contribution is 2.26. The molecule has 0 amide bonds. The van der Waals surface area contributed by atoms with E-state index in [0.29, 0.717) is 18.7 Å². The summed E-state index contributed by atoms with van der Waals surface area (Å²) in [5, 5.41) is 12.2. The summed E-state index contributed by atoms with van der Waals surface area (Å²) < 4.78 is 8.30. The van der Waals surface area contributed by atoms with Crippen molar-refractivity contribution in [1.82, 2.24) is 25.0 Å². The summed E-state index contributed by atoms with van der Waals surface area (Å²) in [6.07, 6.45) is 13.3. The van der Waals surface area contributed by atoms with E-state index in [9.17, 15) is 0 Å². The normalized spacial score (nSPS) is 22.7. The number of nitrogens with one attached hydrogen (secondary N) is 1. The molecule has 1 aliphatic heterocycles. The van der Waals surface area contributed by atoms with Crippen molar-refractivity contribution in [2.75, 3.05) is 19.7 Å². The van der Waals surface area contributed by atoms with Gasteiger partial charge in [0.2, 0.25) is 0 Å². The maximum Gasteiger partial charge on any atom is 0.194 e. The standard InChI is InChI=1S/C22H38N6O/c1-17-25-26-21(27(17)2)15-23-22(24-19-9-5-6-10-19)28-13-11-20(12-14-28)29-16-18-7-3-4-8-18/h18-20H,3-16H2,1-2H3,(H,23,24). The Kier molecular flexibility index (Phi) is 7.06. The minimum absolute atomic E-state index is 0.418. The molecule has 1 saturated heterocycles. The molecular weight excluding hydrogens is 364 g/mol. The van der Waals surface area contributed by atoms with E-state index >= 15 is 0 Å². The minimum Gasteiger partial charge on any atom is -0.378 e. The summed E-state index contributed by atoms with van der Waals surface area (Å²) >= 11 is 0. The van der Waals surface area contributed by atoms with E-state index in [1.54, 1.807) is 0 Å². The molecule has 0 spiro atoms. The Labute approximate surface area is 175 Å². The van der Waals surface area contributed by atoms with Crippen molar-refractivity contribution in [3.63, 3.8) is 0 Å². The Balaban J connectivity index is 1.33. The maximum atomic E-state index is 6.27. The van der Waals surface area contributed by atoms with Crippen molar-refractivity contribution < 1.29 is 4.74 Å². The molecule has 3 aliphatic rings. The van der Waals surface area contributed by atoms with Crippen LogP contribution in [0.5, 0.6) is 0 Å². The molecule has 2 heterocycles. The number of hydrogen-bond acceptors (Lipinski definition) is 4. The summed E-state index contributed by atoms with van der Waals surface area (Å²) in [5.41, 5.74) is 0. The lowest BCUT2D eigenvalue weighted by Crippen LogP contribution is -2.49. The molecule has 0 aromatic carbocycles. The number of piperidine rings is 1. The lowest BCUT2D eigenvalue weighted by atomic mass is 10.1. The Hall–Kier alpha value is -1.63. The minimum atomic E-state index is 0.418. The van der Waals surface area contributed by atoms with Gasteiger partial charge in [-0.05, 0) is 51.4 Å². The van der Waals surface area contributed by atoms with Crippen molar-refractivity contribution in [2.45, 2.75) is 89.8 Å². The predicted molar refractivity (Wildman–Crippen MR) is 115 cm³/mol. The number of aliphatic imine (C=N–C) groups is 1. The van der Waals surface area contributed by atoms with Gasteiger partial charge < -0.3 is 19.5 Å². The van der Waals surface area contributed by atoms with E-state index in [1.807, 2.05) is 18.5 Å². The predicted octanol–water partition coefficient (Wildman–Crippen LogP) is 3.18. The van der Waals surface area contributed by atoms with E-state index in [2.05, 4.69) is 20.4 Å². The van der Waals surface area contributed by atoms with Gasteiger partial charge in [-0.25, -0.2) is 4.99 Å². The zero-order chi connectivity index (χ0) is 20.1. The molecular formula is C22H38N6O. The van der Waals surface area contributed by atoms with E-state index in [-0.39, 0.29) is 0 Å². The maximum absolute atomic E-state index is 6.27. The summed E-state index contributed by atoms with van der Waals surface area (Å²) in [6.45, 7) is 5.56. The van der Waals surface area contributed by atoms with E-state index in [4.69, 9.17) is 9.73 Å². The van der Waals surface area contributed by atoms with Crippen LogP contribution in [0.1, 0.15) is 75.9 Å². The number of guanidine groups is 1. The molecule has 162 valence electrons. The highest BCUT2D eigenvalue weighted by atomic mass is 16.5. The zero-order valence-corrected chi connectivity index (χ0v) is 18.3. The average molecular weight is 403 g/mol. The van der Waals surface area contributed by atoms with Crippen molar-refractivity contribution in [3.05, 3.63) is 11.6 Å². The summed E-state index contributed by atoms with van der Waals surface area (Å²) in [4.78, 5) is 7.38. The van der Waals surface area contributed by atoms with Gasteiger partial charge in [-0.1, -0.05) is 25.7 Å². The molecule has 0 bridgehead atoms. The number of ether oxygens (including phenoxy) is 1. The third kappa shape index (κ3) is 5.50. The summed E-state index contributed by atoms with van der Waals surface area (Å²) in [7, 11) is 2.01. The summed E-state index contributed by atoms with van der Waals surface area (Å²) in [6, 6.07) is 0.561. The van der Waals surface area contributed by atoms with Crippen molar-refractivity contribution >= 4 is 5.96 Å². The molecule has 2 saturated carbocycles. The number of nitrogens with zero attached hydrogens (tertiary/aromatic N) is 5. The van der Waals surface area contributed by atoms with Crippen LogP contribution in [0.25, 0.3) is 0 Å². The largest absolute Gasteiger partial charge is 0.378 e. The van der Waals surface area contributed by atoms with Gasteiger partial charge in [0.1, 0.15) is 12.4 Å². The van der Waals surface area contributed by atoms with Crippen LogP contribution in [-0.2, 0) is 18.3 Å². The van der Waals surface area contributed by atoms with Gasteiger partial charge in [-0.2, -0.15) is 0 Å². The van der Waals surface area contributed by atoms with Gasteiger partial charge in [0.05, 0.1) is 6.10 Å². The van der Waals surface area contributed by atoms with Crippen LogP contribution >= 0.6 is 0 Å². The fraction of sp³-hybridized carbons (Fsp3) is 0.864. The van der Waals surface area contributed by atoms with Crippen LogP contribution < -0.4 is 5.32 Å². The quantitative estimate of drug-likeness (QED) is 0.585. The monoisotopic (exact) mass is 402 g/mol. The highest BCUT2D eigenvalue weighted by molar-refractivity contribution is 5.80. The molecule has 0 atom stereocenters. The number of aromatic nitrogens is 3. The Morgan fingerprint density at radius 2 is 1.72 bits per heavy atom. The first kappa shape index (κ1) is 20.6. The van der Waals surface area contributed by atoms with Crippen LogP contribution in [0.4, 0.5) is 0 Å². The van der Waals surface area contributed by atoms with Crippen molar-refractivity contribution in [2.24, 2.45) is 18.0 Å². The molecule has 3 fully saturated rings. The van der Waals surface area contributed by atoms with Crippen molar-refractivity contribution in [3.8, 4) is 0 Å². The third-order valence-electron chi connectivity index (χ3n) is 7.03. The molecule has 29 heavy (non-hydrogen) atoms. The first-order valence-corrected chi connectivity index (χ1v) is 11.7. The number of aryl methyl sites for hydroxylation is 1. The van der Waals surface area contributed by atoms with Crippen LogP contribution in [0.2, 0.25) is 0 Å². The lowest BCUT2D eigenvalue weighted by molar-refractivity contribution is 0.000922. The second-order valence-electron chi connectivity index (χ2n) is 9.16. The number of rotatable bonds is 6. The fourth-order valence-electron chi connectivity index (χ4n) is 4.91. The Bertz CT molecular complexity index is 667. The third-order valence-corrected chi connectivity index (χ3v) is 7.03. The average Bonchev–Trinajstić information content (AvgIpc) is 3.50. The first-order chi connectivity index (χ1) is 14.2. The van der Waals surface area contributed by atoms with Crippen molar-refractivity contribution in [1.29, 1.82) is 0 Å². The molecule has 0 unspecified atom stereocenters. The van der Waals surface area contributed by atoms with Gasteiger partial charge in [0, 0.05) is 32.8 Å². The van der Waals surface area contributed by atoms with Gasteiger partial charge in [0.15, 0.2) is 11.8 Å². The van der Waals surface area contributed by atoms with Crippen LogP contribution in [-0.4, -0.2) is 57.5 Å². The van der Waals surface area contributed by atoms with Crippen LogP contribution in [0.15, 0.2) is 4.99 Å². The molecule has 7 heteroatoms. The Morgan fingerprint density at radius 1 is 1.03 bits per heavy atom. The SMILES string of the molecule is Cc1nnc(CN=C(NC2CCCC2)N2CCC(OCC3CCCC3)CC2)n1C. The molecule has 1 N–H and O–H groups in total. The number of likely N-dealkylation sites (tertiary alicyclic amines) is 1. The van der Waals surface area contributed by atoms with Crippen LogP contribution in [0.3, 0.4) is 0 Å². The van der Waals surface area contributed by atoms with Gasteiger partial charge >= 0.3 is 0 Å². The molecule has 1 aromatic heterocycles. The molecule has 7 nitrogen and oxygen atoms in total. The van der Waals surface area contributed by atoms with Gasteiger partial charge in [-0.15, -0.1) is 10.2 Å². The number of hydrogen-bond donors (Lipinski definition) is 1. The summed E-state index contributed by atoms with van der Waals surface area (Å²) in [5.74, 6) is 3.71. The fourth-order valence-corrected chi connectivity index (χ4v) is 4.91. The topological polar surface area (TPSA) is 67.6 Å². The van der Waals surface area contributed by atoms with Crippen LogP contribution in [0, 0.1) is 12.8 Å². The molecule has 0 radical (unpaired) electrons. The molecule has 4 rings (SSSR count). The smallest absolute Gasteiger partial charge is 0.194 e. The lowest BCUT2D eigenvalue weighted by Gasteiger charge is -2.35. The van der Waals surface area contributed by atoms with E-state index < -0.39 is 0 Å². The van der Waals surface area contributed by atoms with E-state index in [0.717, 1.165) is 56.1 Å². The van der Waals surface area contributed by atoms with E-state index in [1.165, 1.54) is 51.4 Å². The zero-order valence-electron chi connectivity index (χ0n) is 18.3. The second kappa shape index (κ2) is 9.92. The first-order valence-electron chi connectivity index (χ1n) is 11.7. The Morgan fingerprint density at radius 3 is 2.38 bits per heavy atom.